The first-order valence-corrected chi connectivity index (χ1v) is 8.89. The van der Waals surface area contributed by atoms with Crippen molar-refractivity contribution < 1.29 is 9.59 Å². The fourth-order valence-corrected chi connectivity index (χ4v) is 3.08. The number of hydrogen-bond acceptors (Lipinski definition) is 5. The van der Waals surface area contributed by atoms with Gasteiger partial charge in [-0.05, 0) is 40.2 Å². The molecule has 3 heterocycles. The predicted octanol–water partition coefficient (Wildman–Crippen LogP) is 1.23. The van der Waals surface area contributed by atoms with Crippen LogP contribution in [0.15, 0.2) is 12.3 Å². The second kappa shape index (κ2) is 7.27. The van der Waals surface area contributed by atoms with Crippen LogP contribution < -0.4 is 5.32 Å². The lowest BCUT2D eigenvalue weighted by molar-refractivity contribution is -0.127. The maximum absolute atomic E-state index is 12.5. The van der Waals surface area contributed by atoms with Gasteiger partial charge in [0.15, 0.2) is 0 Å². The lowest BCUT2D eigenvalue weighted by Gasteiger charge is -2.13. The van der Waals surface area contributed by atoms with Crippen LogP contribution in [-0.2, 0) is 17.8 Å². The van der Waals surface area contributed by atoms with Crippen LogP contribution in [0.1, 0.15) is 43.4 Å². The zero-order valence-corrected chi connectivity index (χ0v) is 15.6. The molecule has 1 unspecified atom stereocenters. The van der Waals surface area contributed by atoms with Gasteiger partial charge in [-0.25, -0.2) is 9.48 Å². The number of aryl methyl sites for hydroxylation is 3. The molecule has 0 aliphatic carbocycles. The zero-order chi connectivity index (χ0) is 18.8. The third kappa shape index (κ3) is 3.76. The van der Waals surface area contributed by atoms with Crippen molar-refractivity contribution in [3.8, 4) is 0 Å². The van der Waals surface area contributed by atoms with Gasteiger partial charge in [0.1, 0.15) is 6.04 Å². The van der Waals surface area contributed by atoms with Gasteiger partial charge in [-0.3, -0.25) is 14.4 Å². The standard InChI is InChI=1S/C17H25N7O2/c1-11(2)24-10-14(19-21-24)9-15-16(25)22(17(26)18-15)6-5-7-23-13(4)8-12(3)20-23/h8,10-11,15H,5-7,9H2,1-4H3,(H,18,26). The Morgan fingerprint density at radius 2 is 2.00 bits per heavy atom. The third-order valence-corrected chi connectivity index (χ3v) is 4.46. The summed E-state index contributed by atoms with van der Waals surface area (Å²) in [5.74, 6) is -0.206. The SMILES string of the molecule is Cc1cc(C)n(CCCN2C(=O)NC(Cc3cn(C(C)C)nn3)C2=O)n1. The van der Waals surface area contributed by atoms with Gasteiger partial charge in [0.2, 0.25) is 0 Å². The van der Waals surface area contributed by atoms with E-state index in [0.717, 1.165) is 11.4 Å². The number of urea groups is 1. The van der Waals surface area contributed by atoms with Crippen LogP contribution in [-0.4, -0.2) is 54.2 Å². The van der Waals surface area contributed by atoms with Crippen LogP contribution in [0.3, 0.4) is 0 Å². The van der Waals surface area contributed by atoms with Crippen LogP contribution in [0, 0.1) is 13.8 Å². The Kier molecular flexibility index (Phi) is 5.06. The van der Waals surface area contributed by atoms with Crippen LogP contribution in [0.2, 0.25) is 0 Å². The Bertz CT molecular complexity index is 808. The summed E-state index contributed by atoms with van der Waals surface area (Å²) in [6.07, 6.45) is 2.83. The highest BCUT2D eigenvalue weighted by Gasteiger charge is 2.37. The van der Waals surface area contributed by atoms with Crippen molar-refractivity contribution in [2.75, 3.05) is 6.54 Å². The molecule has 1 saturated heterocycles. The number of aromatic nitrogens is 5. The second-order valence-corrected chi connectivity index (χ2v) is 6.98. The van der Waals surface area contributed by atoms with E-state index >= 15 is 0 Å². The van der Waals surface area contributed by atoms with Gasteiger partial charge in [-0.15, -0.1) is 5.10 Å². The molecule has 1 fully saturated rings. The van der Waals surface area contributed by atoms with Crippen molar-refractivity contribution in [1.82, 2.24) is 35.0 Å². The Morgan fingerprint density at radius 3 is 2.62 bits per heavy atom. The molecule has 1 atom stereocenters. The minimum atomic E-state index is -0.575. The van der Waals surface area contributed by atoms with Gasteiger partial charge in [0.05, 0.1) is 11.4 Å². The van der Waals surface area contributed by atoms with Crippen molar-refractivity contribution in [1.29, 1.82) is 0 Å². The van der Waals surface area contributed by atoms with Crippen molar-refractivity contribution in [3.63, 3.8) is 0 Å². The molecule has 9 heteroatoms. The largest absolute Gasteiger partial charge is 0.325 e. The molecule has 140 valence electrons. The van der Waals surface area contributed by atoms with Crippen LogP contribution in [0.5, 0.6) is 0 Å². The molecule has 9 nitrogen and oxygen atoms in total. The fraction of sp³-hybridized carbons (Fsp3) is 0.588. The molecule has 0 bridgehead atoms. The van der Waals surface area contributed by atoms with E-state index in [1.54, 1.807) is 4.68 Å². The first kappa shape index (κ1) is 18.1. The average Bonchev–Trinajstić information content (AvgIpc) is 3.23. The highest BCUT2D eigenvalue weighted by Crippen LogP contribution is 2.13. The molecule has 1 aliphatic heterocycles. The van der Waals surface area contributed by atoms with Crippen LogP contribution >= 0.6 is 0 Å². The van der Waals surface area contributed by atoms with E-state index < -0.39 is 6.04 Å². The van der Waals surface area contributed by atoms with E-state index in [4.69, 9.17) is 0 Å². The summed E-state index contributed by atoms with van der Waals surface area (Å²) in [5.41, 5.74) is 2.74. The van der Waals surface area contributed by atoms with E-state index in [1.165, 1.54) is 4.90 Å². The Hall–Kier alpha value is -2.71. The molecule has 0 spiro atoms. The van der Waals surface area contributed by atoms with Crippen molar-refractivity contribution in [2.45, 2.75) is 59.2 Å². The number of hydrogen-bond donors (Lipinski definition) is 1. The van der Waals surface area contributed by atoms with E-state index in [9.17, 15) is 9.59 Å². The Balaban J connectivity index is 1.55. The topological polar surface area (TPSA) is 97.9 Å². The zero-order valence-electron chi connectivity index (χ0n) is 15.6. The average molecular weight is 359 g/mol. The first-order chi connectivity index (χ1) is 12.3. The molecule has 3 rings (SSSR count). The van der Waals surface area contributed by atoms with Gasteiger partial charge in [0.25, 0.3) is 5.91 Å². The van der Waals surface area contributed by atoms with Gasteiger partial charge in [-0.1, -0.05) is 5.21 Å². The monoisotopic (exact) mass is 359 g/mol. The minimum Gasteiger partial charge on any atom is -0.325 e. The molecule has 0 radical (unpaired) electrons. The number of nitrogens with one attached hydrogen (secondary N) is 1. The summed E-state index contributed by atoms with van der Waals surface area (Å²) >= 11 is 0. The summed E-state index contributed by atoms with van der Waals surface area (Å²) in [7, 11) is 0. The van der Waals surface area contributed by atoms with E-state index in [1.807, 2.05) is 44.6 Å². The third-order valence-electron chi connectivity index (χ3n) is 4.46. The van der Waals surface area contributed by atoms with Crippen LogP contribution in [0.4, 0.5) is 4.79 Å². The van der Waals surface area contributed by atoms with Gasteiger partial charge in [-0.2, -0.15) is 5.10 Å². The normalized spacial score (nSPS) is 17.4. The smallest absolute Gasteiger partial charge is 0.324 e. The Morgan fingerprint density at radius 1 is 1.23 bits per heavy atom. The molecule has 2 aromatic rings. The predicted molar refractivity (Wildman–Crippen MR) is 94.5 cm³/mol. The molecule has 0 saturated carbocycles. The van der Waals surface area contributed by atoms with E-state index in [-0.39, 0.29) is 18.0 Å². The number of carbonyl (C=O) groups excluding carboxylic acids is 2. The quantitative estimate of drug-likeness (QED) is 0.750. The lowest BCUT2D eigenvalue weighted by atomic mass is 10.1. The second-order valence-electron chi connectivity index (χ2n) is 6.98. The number of amides is 3. The maximum Gasteiger partial charge on any atom is 0.324 e. The molecule has 1 aliphatic rings. The van der Waals surface area contributed by atoms with Crippen molar-refractivity contribution in [2.24, 2.45) is 0 Å². The number of nitrogens with zero attached hydrogens (tertiary/aromatic N) is 6. The molecular weight excluding hydrogens is 334 g/mol. The first-order valence-electron chi connectivity index (χ1n) is 8.89. The highest BCUT2D eigenvalue weighted by molar-refractivity contribution is 6.04. The Labute approximate surface area is 152 Å². The summed E-state index contributed by atoms with van der Waals surface area (Å²) in [5, 5.41) is 15.2. The van der Waals surface area contributed by atoms with Gasteiger partial charge >= 0.3 is 6.03 Å². The molecular formula is C17H25N7O2. The molecule has 26 heavy (non-hydrogen) atoms. The molecule has 3 amide bonds. The minimum absolute atomic E-state index is 0.205. The summed E-state index contributed by atoms with van der Waals surface area (Å²) in [6, 6.07) is 1.29. The molecule has 2 aromatic heterocycles. The van der Waals surface area contributed by atoms with E-state index in [0.29, 0.717) is 31.6 Å². The molecule has 0 aromatic carbocycles. The fourth-order valence-electron chi connectivity index (χ4n) is 3.08. The maximum atomic E-state index is 12.5. The number of rotatable bonds is 7. The summed E-state index contributed by atoms with van der Waals surface area (Å²) in [6.45, 7) is 8.99. The number of carbonyl (C=O) groups is 2. The van der Waals surface area contributed by atoms with Crippen molar-refractivity contribution >= 4 is 11.9 Å². The summed E-state index contributed by atoms with van der Waals surface area (Å²) in [4.78, 5) is 26.0. The summed E-state index contributed by atoms with van der Waals surface area (Å²) < 4.78 is 3.64. The van der Waals surface area contributed by atoms with Gasteiger partial charge in [0, 0.05) is 37.4 Å². The van der Waals surface area contributed by atoms with Crippen molar-refractivity contribution in [3.05, 3.63) is 29.3 Å². The highest BCUT2D eigenvalue weighted by atomic mass is 16.2. The molecule has 1 N–H and O–H groups in total. The number of imide groups is 1. The lowest BCUT2D eigenvalue weighted by Crippen LogP contribution is -2.33. The van der Waals surface area contributed by atoms with E-state index in [2.05, 4.69) is 20.7 Å². The van der Waals surface area contributed by atoms with Crippen LogP contribution in [0.25, 0.3) is 0 Å². The van der Waals surface area contributed by atoms with Gasteiger partial charge < -0.3 is 5.32 Å².